The van der Waals surface area contributed by atoms with E-state index in [1.54, 1.807) is 13.0 Å². The first-order valence-electron chi connectivity index (χ1n) is 5.68. The molecule has 96 valence electrons. The summed E-state index contributed by atoms with van der Waals surface area (Å²) in [6, 6.07) is 2.16. The Morgan fingerprint density at radius 2 is 2.35 bits per heavy atom. The molecule has 0 amide bonds. The lowest BCUT2D eigenvalue weighted by Gasteiger charge is -2.11. The van der Waals surface area contributed by atoms with E-state index in [0.717, 1.165) is 11.5 Å². The summed E-state index contributed by atoms with van der Waals surface area (Å²) in [5.41, 5.74) is 0.671. The number of aryl methyl sites for hydroxylation is 1. The van der Waals surface area contributed by atoms with E-state index in [1.807, 2.05) is 11.8 Å². The Hall–Kier alpha value is -0.940. The number of nitrogens with one attached hydrogen (secondary N) is 1. The maximum absolute atomic E-state index is 10.8. The smallest absolute Gasteiger partial charge is 0.372 e. The second kappa shape index (κ2) is 6.71. The van der Waals surface area contributed by atoms with E-state index in [-0.39, 0.29) is 5.76 Å². The molecule has 5 heteroatoms. The maximum Gasteiger partial charge on any atom is 0.372 e. The highest BCUT2D eigenvalue weighted by molar-refractivity contribution is 7.99. The van der Waals surface area contributed by atoms with Gasteiger partial charge >= 0.3 is 5.97 Å². The molecule has 1 heterocycles. The Kier molecular flexibility index (Phi) is 5.58. The molecular weight excluding hydrogens is 238 g/mol. The molecule has 1 rings (SSSR count). The van der Waals surface area contributed by atoms with Gasteiger partial charge in [0, 0.05) is 17.4 Å². The van der Waals surface area contributed by atoms with Crippen molar-refractivity contribution in [2.45, 2.75) is 33.4 Å². The van der Waals surface area contributed by atoms with Crippen molar-refractivity contribution in [3.05, 3.63) is 23.2 Å². The third-order valence-corrected chi connectivity index (χ3v) is 3.50. The Morgan fingerprint density at radius 1 is 1.65 bits per heavy atom. The van der Waals surface area contributed by atoms with Crippen LogP contribution >= 0.6 is 11.8 Å². The summed E-state index contributed by atoms with van der Waals surface area (Å²) in [5.74, 6) is 1.85. The summed E-state index contributed by atoms with van der Waals surface area (Å²) in [4.78, 5) is 10.8. The monoisotopic (exact) mass is 257 g/mol. The van der Waals surface area contributed by atoms with Crippen molar-refractivity contribution >= 4 is 17.7 Å². The first-order chi connectivity index (χ1) is 8.04. The molecule has 2 N–H and O–H groups in total. The van der Waals surface area contributed by atoms with Crippen molar-refractivity contribution in [1.29, 1.82) is 0 Å². The highest BCUT2D eigenvalue weighted by atomic mass is 32.2. The molecular formula is C12H19NO3S. The average Bonchev–Trinajstić information content (AvgIpc) is 2.65. The molecule has 0 radical (unpaired) electrons. The zero-order chi connectivity index (χ0) is 12.8. The van der Waals surface area contributed by atoms with Gasteiger partial charge in [0.15, 0.2) is 0 Å². The average molecular weight is 257 g/mol. The summed E-state index contributed by atoms with van der Waals surface area (Å²) < 4.78 is 5.26. The van der Waals surface area contributed by atoms with Crippen LogP contribution in [0.4, 0.5) is 0 Å². The van der Waals surface area contributed by atoms with Crippen molar-refractivity contribution < 1.29 is 14.3 Å². The van der Waals surface area contributed by atoms with E-state index in [4.69, 9.17) is 9.52 Å². The van der Waals surface area contributed by atoms with Crippen LogP contribution in [0.5, 0.6) is 0 Å². The lowest BCUT2D eigenvalue weighted by molar-refractivity contribution is 0.0659. The second-order valence-corrected chi connectivity index (χ2v) is 5.29. The minimum atomic E-state index is -1.01. The fraction of sp³-hybridized carbons (Fsp3) is 0.583. The summed E-state index contributed by atoms with van der Waals surface area (Å²) >= 11 is 1.88. The number of carboxylic acid groups (broad SMARTS) is 1. The highest BCUT2D eigenvalue weighted by Crippen LogP contribution is 2.14. The normalized spacial score (nSPS) is 12.6. The van der Waals surface area contributed by atoms with Crippen LogP contribution < -0.4 is 5.32 Å². The van der Waals surface area contributed by atoms with Crippen LogP contribution in [-0.2, 0) is 6.54 Å². The maximum atomic E-state index is 10.8. The van der Waals surface area contributed by atoms with Crippen molar-refractivity contribution in [2.75, 3.05) is 11.5 Å². The third kappa shape index (κ3) is 4.44. The number of hydrogen-bond acceptors (Lipinski definition) is 4. The van der Waals surface area contributed by atoms with Gasteiger partial charge in [-0.15, -0.1) is 0 Å². The summed E-state index contributed by atoms with van der Waals surface area (Å²) in [6.07, 6.45) is 0. The van der Waals surface area contributed by atoms with Crippen molar-refractivity contribution in [3.63, 3.8) is 0 Å². The van der Waals surface area contributed by atoms with Crippen LogP contribution in [0.3, 0.4) is 0 Å². The standard InChI is InChI=1S/C12H19NO3S/c1-4-17-7-9(3)13-6-10-5-8(2)11(16-10)12(14)15/h5,9,13H,4,6-7H2,1-3H3,(H,14,15). The van der Waals surface area contributed by atoms with E-state index in [0.29, 0.717) is 23.9 Å². The quantitative estimate of drug-likeness (QED) is 0.786. The number of carboxylic acids is 1. The number of aromatic carboxylic acids is 1. The Morgan fingerprint density at radius 3 is 2.88 bits per heavy atom. The number of thioether (sulfide) groups is 1. The Bertz CT molecular complexity index is 376. The van der Waals surface area contributed by atoms with Gasteiger partial charge in [-0.1, -0.05) is 6.92 Å². The van der Waals surface area contributed by atoms with E-state index in [9.17, 15) is 4.79 Å². The molecule has 1 aromatic rings. The van der Waals surface area contributed by atoms with Gasteiger partial charge in [0.05, 0.1) is 6.54 Å². The number of rotatable bonds is 7. The second-order valence-electron chi connectivity index (χ2n) is 3.97. The molecule has 1 aromatic heterocycles. The van der Waals surface area contributed by atoms with Gasteiger partial charge in [-0.25, -0.2) is 4.79 Å². The molecule has 0 aliphatic carbocycles. The van der Waals surface area contributed by atoms with E-state index in [1.165, 1.54) is 0 Å². The fourth-order valence-corrected chi connectivity index (χ4v) is 2.18. The van der Waals surface area contributed by atoms with Crippen LogP contribution in [0.1, 0.15) is 35.7 Å². The van der Waals surface area contributed by atoms with Crippen LogP contribution in [-0.4, -0.2) is 28.6 Å². The largest absolute Gasteiger partial charge is 0.475 e. The Labute approximate surface area is 106 Å². The molecule has 1 atom stereocenters. The van der Waals surface area contributed by atoms with Crippen LogP contribution in [0.25, 0.3) is 0 Å². The molecule has 0 saturated carbocycles. The van der Waals surface area contributed by atoms with E-state index < -0.39 is 5.97 Å². The first kappa shape index (κ1) is 14.1. The van der Waals surface area contributed by atoms with Crippen molar-refractivity contribution in [2.24, 2.45) is 0 Å². The van der Waals surface area contributed by atoms with Gasteiger partial charge in [-0.3, -0.25) is 0 Å². The van der Waals surface area contributed by atoms with Gasteiger partial charge in [0.1, 0.15) is 5.76 Å². The summed E-state index contributed by atoms with van der Waals surface area (Å²) in [5, 5.41) is 12.2. The van der Waals surface area contributed by atoms with Crippen LogP contribution in [0, 0.1) is 6.92 Å². The lowest BCUT2D eigenvalue weighted by atomic mass is 10.2. The summed E-state index contributed by atoms with van der Waals surface area (Å²) in [7, 11) is 0. The van der Waals surface area contributed by atoms with Gasteiger partial charge in [-0.2, -0.15) is 11.8 Å². The lowest BCUT2D eigenvalue weighted by Crippen LogP contribution is -2.27. The van der Waals surface area contributed by atoms with E-state index >= 15 is 0 Å². The van der Waals surface area contributed by atoms with Crippen molar-refractivity contribution in [3.8, 4) is 0 Å². The number of furan rings is 1. The minimum Gasteiger partial charge on any atom is -0.475 e. The predicted molar refractivity (Wildman–Crippen MR) is 69.7 cm³/mol. The van der Waals surface area contributed by atoms with Crippen LogP contribution in [0.15, 0.2) is 10.5 Å². The molecule has 0 saturated heterocycles. The van der Waals surface area contributed by atoms with E-state index in [2.05, 4.69) is 19.2 Å². The van der Waals surface area contributed by atoms with Gasteiger partial charge in [0.2, 0.25) is 5.76 Å². The van der Waals surface area contributed by atoms with Crippen LogP contribution in [0.2, 0.25) is 0 Å². The summed E-state index contributed by atoms with van der Waals surface area (Å²) in [6.45, 7) is 6.55. The zero-order valence-corrected chi connectivity index (χ0v) is 11.3. The number of carbonyl (C=O) groups is 1. The molecule has 0 aliphatic rings. The van der Waals surface area contributed by atoms with Crippen molar-refractivity contribution in [1.82, 2.24) is 5.32 Å². The van der Waals surface area contributed by atoms with Gasteiger partial charge in [-0.05, 0) is 25.7 Å². The Balaban J connectivity index is 2.47. The zero-order valence-electron chi connectivity index (χ0n) is 10.4. The van der Waals surface area contributed by atoms with Gasteiger partial charge < -0.3 is 14.8 Å². The van der Waals surface area contributed by atoms with Gasteiger partial charge in [0.25, 0.3) is 0 Å². The first-order valence-corrected chi connectivity index (χ1v) is 6.83. The highest BCUT2D eigenvalue weighted by Gasteiger charge is 2.14. The molecule has 0 spiro atoms. The molecule has 1 unspecified atom stereocenters. The molecule has 17 heavy (non-hydrogen) atoms. The minimum absolute atomic E-state index is 0.0392. The molecule has 0 bridgehead atoms. The molecule has 0 aliphatic heterocycles. The predicted octanol–water partition coefficient (Wildman–Crippen LogP) is 2.52. The number of hydrogen-bond donors (Lipinski definition) is 2. The molecule has 4 nitrogen and oxygen atoms in total. The fourth-order valence-electron chi connectivity index (χ4n) is 1.48. The molecule has 0 fully saturated rings. The SMILES string of the molecule is CCSCC(C)NCc1cc(C)c(C(=O)O)o1. The molecule has 0 aromatic carbocycles. The third-order valence-electron chi connectivity index (χ3n) is 2.36. The topological polar surface area (TPSA) is 62.5 Å².